The average Bonchev–Trinajstić information content (AvgIpc) is 2.81. The number of morpholine rings is 1. The van der Waals surface area contributed by atoms with Crippen molar-refractivity contribution < 1.29 is 14.6 Å². The third-order valence-corrected chi connectivity index (χ3v) is 5.10. The number of carbonyl (C=O) groups excluding carboxylic acids is 1. The molecule has 0 atom stereocenters. The van der Waals surface area contributed by atoms with E-state index in [0.29, 0.717) is 24.8 Å². The Balaban J connectivity index is 1.61. The maximum Gasteiger partial charge on any atom is 0.255 e. The Morgan fingerprint density at radius 2 is 1.75 bits per heavy atom. The van der Waals surface area contributed by atoms with E-state index in [0.717, 1.165) is 30.0 Å². The van der Waals surface area contributed by atoms with Gasteiger partial charge in [-0.1, -0.05) is 30.3 Å². The lowest BCUT2D eigenvalue weighted by Gasteiger charge is -2.37. The highest BCUT2D eigenvalue weighted by molar-refractivity contribution is 5.96. The zero-order valence-electron chi connectivity index (χ0n) is 18.2. The highest BCUT2D eigenvalue weighted by atomic mass is 16.5. The molecule has 1 aliphatic rings. The molecule has 8 nitrogen and oxygen atoms in total. The highest BCUT2D eigenvalue weighted by Crippen LogP contribution is 2.27. The number of hydrazine groups is 1. The topological polar surface area (TPSA) is 90.8 Å². The average molecular weight is 434 g/mol. The molecule has 166 valence electrons. The molecule has 2 heterocycles. The fourth-order valence-electron chi connectivity index (χ4n) is 3.35. The van der Waals surface area contributed by atoms with Gasteiger partial charge in [0, 0.05) is 30.5 Å². The van der Waals surface area contributed by atoms with Crippen LogP contribution in [0.2, 0.25) is 0 Å². The van der Waals surface area contributed by atoms with Crippen molar-refractivity contribution in [1.82, 2.24) is 15.0 Å². The van der Waals surface area contributed by atoms with E-state index in [4.69, 9.17) is 9.72 Å². The van der Waals surface area contributed by atoms with E-state index in [1.54, 1.807) is 18.3 Å². The van der Waals surface area contributed by atoms with Gasteiger partial charge in [0.15, 0.2) is 0 Å². The van der Waals surface area contributed by atoms with Crippen molar-refractivity contribution in [3.63, 3.8) is 0 Å². The van der Waals surface area contributed by atoms with Crippen molar-refractivity contribution in [3.8, 4) is 11.3 Å². The number of para-hydroxylation sites is 1. The van der Waals surface area contributed by atoms with Crippen molar-refractivity contribution in [3.05, 3.63) is 66.9 Å². The zero-order chi connectivity index (χ0) is 22.6. The van der Waals surface area contributed by atoms with Crippen LogP contribution in [0.15, 0.2) is 66.9 Å². The van der Waals surface area contributed by atoms with Crippen LogP contribution in [0.1, 0.15) is 13.8 Å². The third-order valence-electron chi connectivity index (χ3n) is 5.10. The summed E-state index contributed by atoms with van der Waals surface area (Å²) in [6.07, 6.45) is 1.75. The molecule has 2 N–H and O–H groups in total. The first-order chi connectivity index (χ1) is 15.4. The van der Waals surface area contributed by atoms with Gasteiger partial charge in [0.25, 0.3) is 5.91 Å². The van der Waals surface area contributed by atoms with E-state index < -0.39 is 11.5 Å². The van der Waals surface area contributed by atoms with Gasteiger partial charge in [0.05, 0.1) is 24.6 Å². The summed E-state index contributed by atoms with van der Waals surface area (Å²) in [5.74, 6) is 0.119. The minimum Gasteiger partial charge on any atom is -0.381 e. The lowest BCUT2D eigenvalue weighted by molar-refractivity contribution is -0.130. The standard InChI is InChI=1S/C24H27N5O3/c1-24(2,31)22(30)26-19-10-8-18(9-11-19)21-12-13-25-23(27-21)29(20-6-4-3-5-7-20)28-14-16-32-17-15-28/h3-13,31H,14-17H2,1-2H3,(H,26,30). The molecule has 32 heavy (non-hydrogen) atoms. The van der Waals surface area contributed by atoms with Crippen molar-refractivity contribution in [2.24, 2.45) is 0 Å². The Morgan fingerprint density at radius 1 is 1.06 bits per heavy atom. The summed E-state index contributed by atoms with van der Waals surface area (Å²) in [7, 11) is 0. The van der Waals surface area contributed by atoms with Crippen molar-refractivity contribution in [2.45, 2.75) is 19.4 Å². The molecule has 1 amide bonds. The Bertz CT molecular complexity index is 1050. The van der Waals surface area contributed by atoms with E-state index in [2.05, 4.69) is 15.3 Å². The summed E-state index contributed by atoms with van der Waals surface area (Å²) in [5, 5.41) is 16.7. The van der Waals surface area contributed by atoms with Crippen LogP contribution in [0.3, 0.4) is 0 Å². The van der Waals surface area contributed by atoms with Gasteiger partial charge in [0.2, 0.25) is 5.95 Å². The van der Waals surface area contributed by atoms with Crippen molar-refractivity contribution in [2.75, 3.05) is 36.6 Å². The number of ether oxygens (including phenoxy) is 1. The van der Waals surface area contributed by atoms with Crippen LogP contribution in [0, 0.1) is 0 Å². The predicted molar refractivity (Wildman–Crippen MR) is 123 cm³/mol. The van der Waals surface area contributed by atoms with E-state index >= 15 is 0 Å². The number of rotatable bonds is 6. The van der Waals surface area contributed by atoms with E-state index in [1.165, 1.54) is 13.8 Å². The Labute approximate surface area is 187 Å². The number of benzene rings is 2. The number of aliphatic hydroxyl groups is 1. The second kappa shape index (κ2) is 9.44. The molecular weight excluding hydrogens is 406 g/mol. The number of nitrogens with zero attached hydrogens (tertiary/aromatic N) is 4. The van der Waals surface area contributed by atoms with Crippen LogP contribution < -0.4 is 10.3 Å². The maximum atomic E-state index is 12.0. The fourth-order valence-corrected chi connectivity index (χ4v) is 3.35. The van der Waals surface area contributed by atoms with Gasteiger partial charge in [-0.25, -0.2) is 20.0 Å². The smallest absolute Gasteiger partial charge is 0.255 e. The molecular formula is C24H27N5O3. The number of carbonyl (C=O) groups is 1. The van der Waals surface area contributed by atoms with Gasteiger partial charge in [0.1, 0.15) is 5.60 Å². The molecule has 0 unspecified atom stereocenters. The van der Waals surface area contributed by atoms with Crippen LogP contribution in [0.25, 0.3) is 11.3 Å². The minimum absolute atomic E-state index is 0.460. The molecule has 3 aromatic rings. The summed E-state index contributed by atoms with van der Waals surface area (Å²) in [6, 6.07) is 19.2. The second-order valence-electron chi connectivity index (χ2n) is 8.05. The van der Waals surface area contributed by atoms with Crippen LogP contribution in [-0.2, 0) is 9.53 Å². The number of nitrogens with one attached hydrogen (secondary N) is 1. The molecule has 1 aliphatic heterocycles. The van der Waals surface area contributed by atoms with E-state index in [9.17, 15) is 9.90 Å². The highest BCUT2D eigenvalue weighted by Gasteiger charge is 2.24. The molecule has 1 saturated heterocycles. The van der Waals surface area contributed by atoms with Gasteiger partial charge < -0.3 is 15.2 Å². The Kier molecular flexibility index (Phi) is 6.45. The first-order valence-electron chi connectivity index (χ1n) is 10.6. The molecule has 0 aliphatic carbocycles. The van der Waals surface area contributed by atoms with Gasteiger partial charge in [-0.15, -0.1) is 0 Å². The lowest BCUT2D eigenvalue weighted by Crippen LogP contribution is -2.47. The fraction of sp³-hybridized carbons (Fsp3) is 0.292. The maximum absolute atomic E-state index is 12.0. The summed E-state index contributed by atoms with van der Waals surface area (Å²) < 4.78 is 5.52. The van der Waals surface area contributed by atoms with Crippen molar-refractivity contribution >= 4 is 23.2 Å². The van der Waals surface area contributed by atoms with Gasteiger partial charge in [-0.2, -0.15) is 0 Å². The summed E-state index contributed by atoms with van der Waals surface area (Å²) in [6.45, 7) is 5.70. The van der Waals surface area contributed by atoms with Crippen LogP contribution in [-0.4, -0.2) is 57.9 Å². The summed E-state index contributed by atoms with van der Waals surface area (Å²) >= 11 is 0. The minimum atomic E-state index is -1.44. The number of hydrogen-bond donors (Lipinski definition) is 2. The SMILES string of the molecule is CC(C)(O)C(=O)Nc1ccc(-c2ccnc(N(c3ccccc3)N3CCOCC3)n2)cc1. The normalized spacial score (nSPS) is 14.7. The largest absolute Gasteiger partial charge is 0.381 e. The van der Waals surface area contributed by atoms with Gasteiger partial charge in [-0.3, -0.25) is 4.79 Å². The van der Waals surface area contributed by atoms with Crippen LogP contribution in [0.5, 0.6) is 0 Å². The van der Waals surface area contributed by atoms with Gasteiger partial charge >= 0.3 is 0 Å². The third kappa shape index (κ3) is 5.11. The molecule has 0 bridgehead atoms. The molecule has 0 spiro atoms. The first-order valence-corrected chi connectivity index (χ1v) is 10.6. The molecule has 2 aromatic carbocycles. The molecule has 0 saturated carbocycles. The second-order valence-corrected chi connectivity index (χ2v) is 8.05. The first kappa shape index (κ1) is 21.9. The molecule has 1 fully saturated rings. The lowest BCUT2D eigenvalue weighted by atomic mass is 10.1. The predicted octanol–water partition coefficient (Wildman–Crippen LogP) is 3.24. The Morgan fingerprint density at radius 3 is 2.41 bits per heavy atom. The number of anilines is 3. The molecule has 4 rings (SSSR count). The monoisotopic (exact) mass is 433 g/mol. The number of aromatic nitrogens is 2. The van der Waals surface area contributed by atoms with Crippen LogP contribution in [0.4, 0.5) is 17.3 Å². The molecule has 8 heteroatoms. The van der Waals surface area contributed by atoms with Crippen LogP contribution >= 0.6 is 0 Å². The molecule has 1 aromatic heterocycles. The van der Waals surface area contributed by atoms with Crippen molar-refractivity contribution in [1.29, 1.82) is 0 Å². The molecule has 0 radical (unpaired) electrons. The Hall–Kier alpha value is -3.33. The summed E-state index contributed by atoms with van der Waals surface area (Å²) in [4.78, 5) is 21.4. The van der Waals surface area contributed by atoms with Gasteiger partial charge in [-0.05, 0) is 44.2 Å². The number of hydrogen-bond acceptors (Lipinski definition) is 7. The summed E-state index contributed by atoms with van der Waals surface area (Å²) in [5.41, 5.74) is 1.81. The van der Waals surface area contributed by atoms with E-state index in [1.807, 2.05) is 53.5 Å². The quantitative estimate of drug-likeness (QED) is 0.617. The zero-order valence-corrected chi connectivity index (χ0v) is 18.2. The number of amides is 1. The van der Waals surface area contributed by atoms with E-state index in [-0.39, 0.29) is 0 Å².